The Hall–Kier alpha value is -0.850. The molecule has 0 aromatic carbocycles. The molecular formula is C12H12IN3O. The maximum absolute atomic E-state index is 5.96. The van der Waals surface area contributed by atoms with E-state index in [1.807, 2.05) is 16.8 Å². The summed E-state index contributed by atoms with van der Waals surface area (Å²) in [7, 11) is 0. The van der Waals surface area contributed by atoms with E-state index in [0.717, 1.165) is 20.8 Å². The van der Waals surface area contributed by atoms with Crippen molar-refractivity contribution in [2.24, 2.45) is 0 Å². The third-order valence-corrected chi connectivity index (χ3v) is 3.96. The van der Waals surface area contributed by atoms with Crippen molar-refractivity contribution < 1.29 is 4.74 Å². The van der Waals surface area contributed by atoms with Crippen LogP contribution in [0.4, 0.5) is 0 Å². The zero-order valence-electron chi connectivity index (χ0n) is 9.27. The number of aromatic nitrogens is 3. The fourth-order valence-electron chi connectivity index (χ4n) is 1.98. The standard InChI is InChI=1S/C12H12IN3O/c13-10-6-14-11-5-9(17-8-3-4-8)12(7-1-2-7)15-16(10)11/h5-8H,1-4H2. The summed E-state index contributed by atoms with van der Waals surface area (Å²) in [6.45, 7) is 0. The first-order chi connectivity index (χ1) is 8.31. The molecule has 0 amide bonds. The Labute approximate surface area is 113 Å². The van der Waals surface area contributed by atoms with Crippen molar-refractivity contribution in [3.63, 3.8) is 0 Å². The van der Waals surface area contributed by atoms with Crippen molar-refractivity contribution in [3.05, 3.63) is 21.7 Å². The molecule has 4 nitrogen and oxygen atoms in total. The second-order valence-corrected chi connectivity index (χ2v) is 5.94. The average Bonchev–Trinajstić information content (AvgIpc) is 3.20. The van der Waals surface area contributed by atoms with Crippen LogP contribution in [0.2, 0.25) is 0 Å². The van der Waals surface area contributed by atoms with Crippen molar-refractivity contribution in [1.29, 1.82) is 0 Å². The predicted octanol–water partition coefficient (Wildman–Crippen LogP) is 2.75. The van der Waals surface area contributed by atoms with Gasteiger partial charge in [0.05, 0.1) is 12.3 Å². The summed E-state index contributed by atoms with van der Waals surface area (Å²) in [5.74, 6) is 1.57. The van der Waals surface area contributed by atoms with Crippen LogP contribution in [0.15, 0.2) is 12.3 Å². The lowest BCUT2D eigenvalue weighted by Gasteiger charge is -2.10. The molecule has 2 heterocycles. The zero-order valence-corrected chi connectivity index (χ0v) is 11.4. The minimum atomic E-state index is 0.422. The van der Waals surface area contributed by atoms with E-state index in [9.17, 15) is 0 Å². The van der Waals surface area contributed by atoms with E-state index in [0.29, 0.717) is 12.0 Å². The van der Waals surface area contributed by atoms with Gasteiger partial charge in [-0.05, 0) is 48.3 Å². The Morgan fingerprint density at radius 1 is 1.29 bits per heavy atom. The summed E-state index contributed by atoms with van der Waals surface area (Å²) in [4.78, 5) is 4.34. The molecule has 2 aliphatic carbocycles. The molecule has 0 unspecified atom stereocenters. The SMILES string of the molecule is Ic1cnc2cc(OC3CC3)c(C3CC3)nn12. The monoisotopic (exact) mass is 341 g/mol. The quantitative estimate of drug-likeness (QED) is 0.806. The Kier molecular flexibility index (Phi) is 2.12. The summed E-state index contributed by atoms with van der Waals surface area (Å²) in [6.07, 6.45) is 7.12. The highest BCUT2D eigenvalue weighted by atomic mass is 127. The summed E-state index contributed by atoms with van der Waals surface area (Å²) < 4.78 is 8.92. The normalized spacial score (nSPS) is 19.8. The number of nitrogens with zero attached hydrogens (tertiary/aromatic N) is 3. The van der Waals surface area contributed by atoms with Gasteiger partial charge in [-0.15, -0.1) is 0 Å². The first-order valence-electron chi connectivity index (χ1n) is 6.02. The topological polar surface area (TPSA) is 39.4 Å². The molecule has 0 N–H and O–H groups in total. The van der Waals surface area contributed by atoms with Crippen molar-refractivity contribution in [1.82, 2.24) is 14.6 Å². The first-order valence-corrected chi connectivity index (χ1v) is 7.10. The largest absolute Gasteiger partial charge is 0.488 e. The van der Waals surface area contributed by atoms with Crippen LogP contribution < -0.4 is 4.74 Å². The van der Waals surface area contributed by atoms with Crippen LogP contribution in [-0.4, -0.2) is 20.7 Å². The Morgan fingerprint density at radius 2 is 2.12 bits per heavy atom. The van der Waals surface area contributed by atoms with E-state index in [4.69, 9.17) is 9.84 Å². The van der Waals surface area contributed by atoms with Crippen molar-refractivity contribution >= 4 is 28.2 Å². The highest BCUT2D eigenvalue weighted by Crippen LogP contribution is 2.44. The van der Waals surface area contributed by atoms with Gasteiger partial charge in [0, 0.05) is 12.0 Å². The van der Waals surface area contributed by atoms with Gasteiger partial charge in [0.25, 0.3) is 0 Å². The minimum Gasteiger partial charge on any atom is -0.488 e. The minimum absolute atomic E-state index is 0.422. The number of hydrogen-bond donors (Lipinski definition) is 0. The molecule has 2 aliphatic rings. The molecule has 88 valence electrons. The van der Waals surface area contributed by atoms with Gasteiger partial charge >= 0.3 is 0 Å². The molecule has 0 aliphatic heterocycles. The van der Waals surface area contributed by atoms with E-state index >= 15 is 0 Å². The number of imidazole rings is 1. The van der Waals surface area contributed by atoms with Crippen LogP contribution in [-0.2, 0) is 0 Å². The summed E-state index contributed by atoms with van der Waals surface area (Å²) in [5.41, 5.74) is 2.01. The van der Waals surface area contributed by atoms with Crippen LogP contribution in [0.3, 0.4) is 0 Å². The summed E-state index contributed by atoms with van der Waals surface area (Å²) in [5, 5.41) is 4.70. The second-order valence-electron chi connectivity index (χ2n) is 4.84. The van der Waals surface area contributed by atoms with E-state index in [1.54, 1.807) is 0 Å². The molecule has 2 saturated carbocycles. The third kappa shape index (κ3) is 1.80. The molecule has 0 bridgehead atoms. The van der Waals surface area contributed by atoms with E-state index in [1.165, 1.54) is 25.7 Å². The van der Waals surface area contributed by atoms with Gasteiger partial charge in [0.15, 0.2) is 5.65 Å². The second kappa shape index (κ2) is 3.57. The van der Waals surface area contributed by atoms with Crippen LogP contribution in [0, 0.1) is 3.70 Å². The summed E-state index contributed by atoms with van der Waals surface area (Å²) >= 11 is 2.26. The first kappa shape index (κ1) is 10.1. The molecule has 0 saturated heterocycles. The molecule has 17 heavy (non-hydrogen) atoms. The Morgan fingerprint density at radius 3 is 2.82 bits per heavy atom. The van der Waals surface area contributed by atoms with Gasteiger partial charge in [-0.2, -0.15) is 5.10 Å². The molecule has 5 heteroatoms. The van der Waals surface area contributed by atoms with Gasteiger partial charge in [-0.25, -0.2) is 9.50 Å². The lowest BCUT2D eigenvalue weighted by molar-refractivity contribution is 0.297. The highest BCUT2D eigenvalue weighted by molar-refractivity contribution is 14.1. The maximum atomic E-state index is 5.96. The number of fused-ring (bicyclic) bond motifs is 1. The zero-order chi connectivity index (χ0) is 11.4. The molecule has 0 radical (unpaired) electrons. The third-order valence-electron chi connectivity index (χ3n) is 3.23. The predicted molar refractivity (Wildman–Crippen MR) is 71.3 cm³/mol. The van der Waals surface area contributed by atoms with E-state index in [-0.39, 0.29) is 0 Å². The molecule has 2 fully saturated rings. The van der Waals surface area contributed by atoms with E-state index in [2.05, 4.69) is 27.6 Å². The lowest BCUT2D eigenvalue weighted by atomic mass is 10.2. The number of rotatable bonds is 3. The molecule has 0 spiro atoms. The number of hydrogen-bond acceptors (Lipinski definition) is 3. The van der Waals surface area contributed by atoms with Gasteiger partial charge in [0.2, 0.25) is 0 Å². The molecular weight excluding hydrogens is 329 g/mol. The van der Waals surface area contributed by atoms with Crippen molar-refractivity contribution in [2.45, 2.75) is 37.7 Å². The van der Waals surface area contributed by atoms with Gasteiger partial charge in [-0.1, -0.05) is 0 Å². The summed E-state index contributed by atoms with van der Waals surface area (Å²) in [6, 6.07) is 2.04. The number of ether oxygens (including phenoxy) is 1. The van der Waals surface area contributed by atoms with Crippen molar-refractivity contribution in [3.8, 4) is 5.75 Å². The highest BCUT2D eigenvalue weighted by Gasteiger charge is 2.32. The fourth-order valence-corrected chi connectivity index (χ4v) is 2.48. The Bertz CT molecular complexity index is 587. The molecule has 2 aromatic heterocycles. The average molecular weight is 341 g/mol. The molecule has 4 rings (SSSR count). The van der Waals surface area contributed by atoms with Crippen LogP contribution >= 0.6 is 22.6 Å². The van der Waals surface area contributed by atoms with Crippen molar-refractivity contribution in [2.75, 3.05) is 0 Å². The fraction of sp³-hybridized carbons (Fsp3) is 0.500. The molecule has 0 atom stereocenters. The van der Waals surface area contributed by atoms with Gasteiger partial charge < -0.3 is 4.74 Å². The van der Waals surface area contributed by atoms with Crippen LogP contribution in [0.1, 0.15) is 37.3 Å². The van der Waals surface area contributed by atoms with Crippen LogP contribution in [0.5, 0.6) is 5.75 Å². The van der Waals surface area contributed by atoms with E-state index < -0.39 is 0 Å². The van der Waals surface area contributed by atoms with Crippen LogP contribution in [0.25, 0.3) is 5.65 Å². The number of halogens is 1. The smallest absolute Gasteiger partial charge is 0.158 e. The maximum Gasteiger partial charge on any atom is 0.158 e. The Balaban J connectivity index is 1.86. The van der Waals surface area contributed by atoms with Gasteiger partial charge in [-0.3, -0.25) is 0 Å². The van der Waals surface area contributed by atoms with Gasteiger partial charge in [0.1, 0.15) is 15.1 Å². The lowest BCUT2D eigenvalue weighted by Crippen LogP contribution is -2.05. The molecule has 2 aromatic rings.